The Bertz CT molecular complexity index is 1080. The number of hydrogen-bond donors (Lipinski definition) is 1. The number of alkyl halides is 3. The number of imide groups is 1. The van der Waals surface area contributed by atoms with Crippen molar-refractivity contribution >= 4 is 46.3 Å². The van der Waals surface area contributed by atoms with Crippen molar-refractivity contribution in [2.75, 3.05) is 18.0 Å². The van der Waals surface area contributed by atoms with Gasteiger partial charge in [0.15, 0.2) is 5.82 Å². The lowest BCUT2D eigenvalue weighted by molar-refractivity contribution is -0.137. The molecule has 31 heavy (non-hydrogen) atoms. The van der Waals surface area contributed by atoms with Gasteiger partial charge in [0.05, 0.1) is 21.2 Å². The largest absolute Gasteiger partial charge is 0.416 e. The minimum absolute atomic E-state index is 0.0119. The molecule has 2 fully saturated rings. The second kappa shape index (κ2) is 8.19. The van der Waals surface area contributed by atoms with Crippen molar-refractivity contribution in [3.63, 3.8) is 0 Å². The fourth-order valence-electron chi connectivity index (χ4n) is 3.62. The zero-order valence-electron chi connectivity index (χ0n) is 16.1. The minimum Gasteiger partial charge on any atom is -0.370 e. The van der Waals surface area contributed by atoms with Gasteiger partial charge in [-0.15, -0.1) is 0 Å². The average Bonchev–Trinajstić information content (AvgIpc) is 3.26. The lowest BCUT2D eigenvalue weighted by atomic mass is 9.95. The molecule has 1 N–H and O–H groups in total. The number of hydrogen-bond acceptors (Lipinski definition) is 7. The number of aryl methyl sites for hydroxylation is 1. The molecule has 0 spiro atoms. The molecule has 7 nitrogen and oxygen atoms in total. The normalized spacial score (nSPS) is 19.4. The van der Waals surface area contributed by atoms with Crippen molar-refractivity contribution in [3.8, 4) is 0 Å². The molecule has 164 valence electrons. The van der Waals surface area contributed by atoms with E-state index in [4.69, 9.17) is 16.1 Å². The van der Waals surface area contributed by atoms with E-state index >= 15 is 0 Å². The molecule has 12 heteroatoms. The van der Waals surface area contributed by atoms with Gasteiger partial charge >= 0.3 is 6.18 Å². The average molecular weight is 473 g/mol. The number of piperidine rings is 1. The van der Waals surface area contributed by atoms with Crippen LogP contribution in [0.2, 0.25) is 5.02 Å². The van der Waals surface area contributed by atoms with Crippen LogP contribution in [0.15, 0.2) is 21.6 Å². The predicted octanol–water partition coefficient (Wildman–Crippen LogP) is 4.76. The maximum Gasteiger partial charge on any atom is 0.416 e. The second-order valence-corrected chi connectivity index (χ2v) is 8.61. The molecule has 0 radical (unpaired) electrons. The summed E-state index contributed by atoms with van der Waals surface area (Å²) in [6.45, 7) is 2.71. The van der Waals surface area contributed by atoms with Gasteiger partial charge in [-0.25, -0.2) is 0 Å². The molecule has 0 bridgehead atoms. The number of thioether (sulfide) groups is 1. The first-order valence-electron chi connectivity index (χ1n) is 9.32. The Balaban J connectivity index is 1.67. The third-order valence-electron chi connectivity index (χ3n) is 5.05. The van der Waals surface area contributed by atoms with Gasteiger partial charge in [0, 0.05) is 24.6 Å². The zero-order chi connectivity index (χ0) is 22.3. The molecule has 0 saturated carbocycles. The smallest absolute Gasteiger partial charge is 0.370 e. The first kappa shape index (κ1) is 21.7. The quantitative estimate of drug-likeness (QED) is 0.644. The van der Waals surface area contributed by atoms with Crippen molar-refractivity contribution in [2.24, 2.45) is 0 Å². The van der Waals surface area contributed by atoms with E-state index in [9.17, 15) is 22.8 Å². The van der Waals surface area contributed by atoms with Gasteiger partial charge in [0.1, 0.15) is 0 Å². The van der Waals surface area contributed by atoms with E-state index in [-0.39, 0.29) is 21.4 Å². The minimum atomic E-state index is -4.61. The highest BCUT2D eigenvalue weighted by Gasteiger charge is 2.34. The summed E-state index contributed by atoms with van der Waals surface area (Å²) in [6, 6.07) is 1.82. The summed E-state index contributed by atoms with van der Waals surface area (Å²) in [6.07, 6.45) is -2.06. The standard InChI is InChI=1S/C19H16ClF3N4O3S/c1-9-24-17(30-26-9)10-2-4-27(5-3-10)15-11(7-14-16(28)25-18(29)31-14)6-12(8-13(15)20)19(21,22)23/h6-8,10H,2-5H2,1H3,(H,25,28,29)/b14-7+. The van der Waals surface area contributed by atoms with Crippen LogP contribution in [-0.4, -0.2) is 34.4 Å². The fraction of sp³-hybridized carbons (Fsp3) is 0.368. The fourth-order valence-corrected chi connectivity index (χ4v) is 4.64. The lowest BCUT2D eigenvalue weighted by Crippen LogP contribution is -2.33. The Labute approximate surface area is 184 Å². The molecule has 4 rings (SSSR count). The molecule has 2 aliphatic heterocycles. The van der Waals surface area contributed by atoms with Crippen molar-refractivity contribution in [2.45, 2.75) is 31.9 Å². The number of anilines is 1. The third-order valence-corrected chi connectivity index (χ3v) is 6.15. The van der Waals surface area contributed by atoms with Gasteiger partial charge in [-0.3, -0.25) is 14.9 Å². The van der Waals surface area contributed by atoms with Crippen molar-refractivity contribution < 1.29 is 27.3 Å². The number of nitrogens with one attached hydrogen (secondary N) is 1. The van der Waals surface area contributed by atoms with E-state index < -0.39 is 22.9 Å². The highest BCUT2D eigenvalue weighted by atomic mass is 35.5. The summed E-state index contributed by atoms with van der Waals surface area (Å²) in [5.74, 6) is 0.468. The van der Waals surface area contributed by atoms with E-state index in [2.05, 4.69) is 15.5 Å². The molecular weight excluding hydrogens is 457 g/mol. The second-order valence-electron chi connectivity index (χ2n) is 7.19. The van der Waals surface area contributed by atoms with Crippen LogP contribution < -0.4 is 10.2 Å². The Morgan fingerprint density at radius 1 is 1.29 bits per heavy atom. The van der Waals surface area contributed by atoms with Gasteiger partial charge in [0.25, 0.3) is 11.1 Å². The van der Waals surface area contributed by atoms with E-state index in [0.717, 1.165) is 12.1 Å². The van der Waals surface area contributed by atoms with Crippen LogP contribution in [0, 0.1) is 6.92 Å². The molecule has 1 aromatic carbocycles. The zero-order valence-corrected chi connectivity index (χ0v) is 17.7. The summed E-state index contributed by atoms with van der Waals surface area (Å²) in [7, 11) is 0. The molecule has 2 aliphatic rings. The molecule has 0 atom stereocenters. The number of nitrogens with zero attached hydrogens (tertiary/aromatic N) is 3. The SMILES string of the molecule is Cc1noc(C2CCN(c3c(Cl)cc(C(F)(F)F)cc3/C=C3/SC(=O)NC3=O)CC2)n1. The maximum atomic E-state index is 13.4. The summed E-state index contributed by atoms with van der Waals surface area (Å²) in [4.78, 5) is 29.5. The molecular formula is C19H16ClF3N4O3S. The Morgan fingerprint density at radius 2 is 2.00 bits per heavy atom. The molecule has 2 amide bonds. The maximum absolute atomic E-state index is 13.4. The van der Waals surface area contributed by atoms with E-state index in [1.165, 1.54) is 6.08 Å². The third kappa shape index (κ3) is 4.57. The Morgan fingerprint density at radius 3 is 2.55 bits per heavy atom. The monoisotopic (exact) mass is 472 g/mol. The Kier molecular flexibility index (Phi) is 5.73. The van der Waals surface area contributed by atoms with E-state index in [1.54, 1.807) is 6.92 Å². The van der Waals surface area contributed by atoms with Gasteiger partial charge < -0.3 is 9.42 Å². The van der Waals surface area contributed by atoms with E-state index in [1.807, 2.05) is 4.90 Å². The Hall–Kier alpha value is -2.53. The predicted molar refractivity (Wildman–Crippen MR) is 109 cm³/mol. The number of carbonyl (C=O) groups excluding carboxylic acids is 2. The topological polar surface area (TPSA) is 88.3 Å². The molecule has 0 aliphatic carbocycles. The summed E-state index contributed by atoms with van der Waals surface area (Å²) in [5, 5.41) is 5.24. The number of amides is 2. The van der Waals surface area contributed by atoms with Crippen LogP contribution in [0.3, 0.4) is 0 Å². The van der Waals surface area contributed by atoms with Crippen LogP contribution >= 0.6 is 23.4 Å². The van der Waals surface area contributed by atoms with Crippen molar-refractivity contribution in [3.05, 3.63) is 44.9 Å². The molecule has 3 heterocycles. The number of aromatic nitrogens is 2. The van der Waals surface area contributed by atoms with Gasteiger partial charge in [-0.05, 0) is 49.7 Å². The number of rotatable bonds is 3. The van der Waals surface area contributed by atoms with Crippen LogP contribution in [0.5, 0.6) is 0 Å². The summed E-state index contributed by atoms with van der Waals surface area (Å²) < 4.78 is 45.3. The van der Waals surface area contributed by atoms with Crippen LogP contribution in [0.1, 0.15) is 41.6 Å². The highest BCUT2D eigenvalue weighted by molar-refractivity contribution is 8.18. The molecule has 2 aromatic rings. The van der Waals surface area contributed by atoms with Gasteiger partial charge in [0.2, 0.25) is 5.89 Å². The van der Waals surface area contributed by atoms with E-state index in [0.29, 0.717) is 55.1 Å². The van der Waals surface area contributed by atoms with Crippen LogP contribution in [0.4, 0.5) is 23.7 Å². The lowest BCUT2D eigenvalue weighted by Gasteiger charge is -2.34. The van der Waals surface area contributed by atoms with Crippen LogP contribution in [0.25, 0.3) is 6.08 Å². The first-order chi connectivity index (χ1) is 14.6. The number of halogens is 4. The van der Waals surface area contributed by atoms with Crippen molar-refractivity contribution in [1.29, 1.82) is 0 Å². The molecule has 0 unspecified atom stereocenters. The van der Waals surface area contributed by atoms with Gasteiger partial charge in [-0.2, -0.15) is 18.2 Å². The van der Waals surface area contributed by atoms with Crippen molar-refractivity contribution in [1.82, 2.24) is 15.5 Å². The number of benzene rings is 1. The highest BCUT2D eigenvalue weighted by Crippen LogP contribution is 2.42. The molecule has 2 saturated heterocycles. The summed E-state index contributed by atoms with van der Waals surface area (Å²) in [5.41, 5.74) is -0.423. The van der Waals surface area contributed by atoms with Gasteiger partial charge in [-0.1, -0.05) is 16.8 Å². The summed E-state index contributed by atoms with van der Waals surface area (Å²) >= 11 is 6.93. The number of carbonyl (C=O) groups is 2. The van der Waals surface area contributed by atoms with Crippen LogP contribution in [-0.2, 0) is 11.0 Å². The molecule has 1 aromatic heterocycles. The first-order valence-corrected chi connectivity index (χ1v) is 10.5.